The highest BCUT2D eigenvalue weighted by molar-refractivity contribution is 5.97. The predicted octanol–water partition coefficient (Wildman–Crippen LogP) is 4.60. The first-order chi connectivity index (χ1) is 19.8. The van der Waals surface area contributed by atoms with E-state index in [0.717, 1.165) is 57.5 Å². The number of alkyl halides is 3. The molecule has 0 saturated carbocycles. The minimum atomic E-state index is -5.22. The van der Waals surface area contributed by atoms with E-state index in [-0.39, 0.29) is 16.9 Å². The second-order valence-corrected chi connectivity index (χ2v) is 12.2. The minimum absolute atomic E-state index is 0.172. The van der Waals surface area contributed by atoms with Gasteiger partial charge in [-0.1, -0.05) is 30.3 Å². The summed E-state index contributed by atoms with van der Waals surface area (Å²) in [4.78, 5) is 44.5. The third-order valence-corrected chi connectivity index (χ3v) is 8.73. The van der Waals surface area contributed by atoms with Crippen molar-refractivity contribution in [2.24, 2.45) is 5.41 Å². The maximum absolute atomic E-state index is 13.4. The first-order valence-electron chi connectivity index (χ1n) is 14.3. The van der Waals surface area contributed by atoms with Crippen molar-refractivity contribution in [3.05, 3.63) is 64.7 Å². The van der Waals surface area contributed by atoms with Crippen molar-refractivity contribution in [2.45, 2.75) is 70.7 Å². The summed E-state index contributed by atoms with van der Waals surface area (Å²) in [6.45, 7) is 8.34. The average molecular weight is 588 g/mol. The zero-order valence-electron chi connectivity index (χ0n) is 23.9. The van der Waals surface area contributed by atoms with Crippen LogP contribution >= 0.6 is 0 Å². The molecule has 42 heavy (non-hydrogen) atoms. The van der Waals surface area contributed by atoms with Crippen molar-refractivity contribution < 1.29 is 37.1 Å². The second kappa shape index (κ2) is 11.6. The van der Waals surface area contributed by atoms with E-state index < -0.39 is 24.5 Å². The number of benzene rings is 2. The van der Waals surface area contributed by atoms with E-state index in [1.165, 1.54) is 16.6 Å². The number of carbonyl (C=O) groups is 3. The van der Waals surface area contributed by atoms with Gasteiger partial charge in [0, 0.05) is 37.2 Å². The first-order valence-corrected chi connectivity index (χ1v) is 14.3. The molecular formula is C31H36F3N3O5. The first kappa shape index (κ1) is 29.9. The predicted molar refractivity (Wildman–Crippen MR) is 147 cm³/mol. The second-order valence-electron chi connectivity index (χ2n) is 12.2. The Hall–Kier alpha value is -3.60. The highest BCUT2D eigenvalue weighted by atomic mass is 19.4. The van der Waals surface area contributed by atoms with Gasteiger partial charge in [0.25, 0.3) is 11.8 Å². The summed E-state index contributed by atoms with van der Waals surface area (Å²) in [6.07, 6.45) is -0.789. The zero-order valence-corrected chi connectivity index (χ0v) is 23.9. The number of halogens is 3. The van der Waals surface area contributed by atoms with Gasteiger partial charge in [-0.15, -0.1) is 0 Å². The van der Waals surface area contributed by atoms with Crippen LogP contribution in [0.2, 0.25) is 0 Å². The molecule has 3 aliphatic rings. The van der Waals surface area contributed by atoms with Gasteiger partial charge in [0.1, 0.15) is 11.4 Å². The van der Waals surface area contributed by atoms with Crippen LogP contribution in [0.1, 0.15) is 66.6 Å². The van der Waals surface area contributed by atoms with Gasteiger partial charge in [0.15, 0.2) is 0 Å². The van der Waals surface area contributed by atoms with Crippen LogP contribution in [0.25, 0.3) is 0 Å². The van der Waals surface area contributed by atoms with Crippen LogP contribution in [0, 0.1) is 5.41 Å². The normalized spacial score (nSPS) is 19.6. The van der Waals surface area contributed by atoms with Crippen molar-refractivity contribution in [2.75, 3.05) is 26.2 Å². The van der Waals surface area contributed by atoms with Gasteiger partial charge in [-0.05, 0) is 81.3 Å². The van der Waals surface area contributed by atoms with Crippen molar-refractivity contribution in [3.8, 4) is 5.75 Å². The molecular weight excluding hydrogens is 551 g/mol. The number of piperidine rings is 2. The van der Waals surface area contributed by atoms with Crippen molar-refractivity contribution in [3.63, 3.8) is 0 Å². The third-order valence-electron chi connectivity index (χ3n) is 8.73. The highest BCUT2D eigenvalue weighted by Crippen LogP contribution is 2.43. The molecule has 11 heteroatoms. The number of rotatable bonds is 5. The molecule has 5 rings (SSSR count). The van der Waals surface area contributed by atoms with Gasteiger partial charge >= 0.3 is 12.1 Å². The maximum Gasteiger partial charge on any atom is 0.493 e. The van der Waals surface area contributed by atoms with E-state index in [1.807, 2.05) is 0 Å². The number of nitrogens with one attached hydrogen (secondary N) is 1. The number of fused-ring (bicyclic) bond motifs is 1. The van der Waals surface area contributed by atoms with Crippen molar-refractivity contribution >= 4 is 17.8 Å². The Bertz CT molecular complexity index is 1340. The quantitative estimate of drug-likeness (QED) is 0.515. The van der Waals surface area contributed by atoms with Gasteiger partial charge in [0.05, 0.1) is 6.42 Å². The van der Waals surface area contributed by atoms with Crippen LogP contribution < -0.4 is 10.2 Å². The number of carbonyl (C=O) groups excluding carboxylic acids is 3. The van der Waals surface area contributed by atoms with Gasteiger partial charge < -0.3 is 14.5 Å². The molecule has 2 fully saturated rings. The molecule has 2 amide bonds. The Morgan fingerprint density at radius 2 is 1.57 bits per heavy atom. The van der Waals surface area contributed by atoms with E-state index in [0.29, 0.717) is 24.2 Å². The van der Waals surface area contributed by atoms with Gasteiger partial charge in [0.2, 0.25) is 0 Å². The highest BCUT2D eigenvalue weighted by Gasteiger charge is 2.42. The number of amides is 2. The molecule has 1 N–H and O–H groups in total. The molecule has 2 saturated heterocycles. The zero-order chi connectivity index (χ0) is 30.1. The largest absolute Gasteiger partial charge is 0.493 e. The van der Waals surface area contributed by atoms with E-state index >= 15 is 0 Å². The van der Waals surface area contributed by atoms with Crippen molar-refractivity contribution in [1.82, 2.24) is 15.3 Å². The molecule has 3 aliphatic heterocycles. The standard InChI is InChI=1S/C31H36F3N3O5/c1-29(2)19-24-22(7-5-9-25(24)41-29)20-36-14-10-30(11-15-36)12-16-37(17-13-30)27(39)23-8-4-3-6-21(23)18-26(38)35-42-28(40)31(32,33)34/h3-9H,10-20H2,1-2H3,(H,35,38). The molecule has 0 radical (unpaired) electrons. The van der Waals surface area contributed by atoms with Gasteiger partial charge in [-0.3, -0.25) is 14.5 Å². The maximum atomic E-state index is 13.4. The molecule has 0 aromatic heterocycles. The number of nitrogens with zero attached hydrogens (tertiary/aromatic N) is 2. The summed E-state index contributed by atoms with van der Waals surface area (Å²) in [5, 5.41) is 0. The Balaban J connectivity index is 1.13. The summed E-state index contributed by atoms with van der Waals surface area (Å²) in [5.74, 6) is -2.71. The van der Waals surface area contributed by atoms with Gasteiger partial charge in [-0.25, -0.2) is 4.79 Å². The number of ether oxygens (including phenoxy) is 1. The molecule has 2 aromatic rings. The number of hydroxylamine groups is 1. The van der Waals surface area contributed by atoms with Crippen molar-refractivity contribution in [1.29, 1.82) is 0 Å². The van der Waals surface area contributed by atoms with Crippen LogP contribution in [-0.2, 0) is 33.8 Å². The van der Waals surface area contributed by atoms with Crippen LogP contribution in [0.3, 0.4) is 0 Å². The molecule has 3 heterocycles. The smallest absolute Gasteiger partial charge is 0.487 e. The fourth-order valence-corrected chi connectivity index (χ4v) is 6.35. The molecule has 8 nitrogen and oxygen atoms in total. The number of hydrogen-bond acceptors (Lipinski definition) is 6. The summed E-state index contributed by atoms with van der Waals surface area (Å²) < 4.78 is 43.1. The monoisotopic (exact) mass is 587 g/mol. The van der Waals surface area contributed by atoms with E-state index in [1.54, 1.807) is 29.2 Å². The Kier molecular flexibility index (Phi) is 8.24. The van der Waals surface area contributed by atoms with Crippen LogP contribution in [0.4, 0.5) is 13.2 Å². The lowest BCUT2D eigenvalue weighted by Gasteiger charge is -2.47. The SMILES string of the molecule is CC1(C)Cc2c(CN3CCC4(CC3)CCN(C(=O)c3ccccc3CC(=O)NOC(=O)C(F)(F)F)CC4)cccc2O1. The lowest BCUT2D eigenvalue weighted by molar-refractivity contribution is -0.207. The average Bonchev–Trinajstić information content (AvgIpc) is 3.28. The minimum Gasteiger partial charge on any atom is -0.487 e. The Morgan fingerprint density at radius 1 is 0.929 bits per heavy atom. The fourth-order valence-electron chi connectivity index (χ4n) is 6.35. The third kappa shape index (κ3) is 6.72. The molecule has 0 bridgehead atoms. The van der Waals surface area contributed by atoms with E-state index in [4.69, 9.17) is 4.74 Å². The lowest BCUT2D eigenvalue weighted by atomic mass is 9.71. The van der Waals surface area contributed by atoms with Crippen LogP contribution in [-0.4, -0.2) is 65.5 Å². The molecule has 2 aromatic carbocycles. The summed E-state index contributed by atoms with van der Waals surface area (Å²) in [6, 6.07) is 12.8. The number of hydrogen-bond donors (Lipinski definition) is 1. The summed E-state index contributed by atoms with van der Waals surface area (Å²) in [7, 11) is 0. The molecule has 0 atom stereocenters. The summed E-state index contributed by atoms with van der Waals surface area (Å²) in [5.41, 5.74) is 4.84. The Labute approximate surface area is 243 Å². The van der Waals surface area contributed by atoms with E-state index in [9.17, 15) is 27.6 Å². The van der Waals surface area contributed by atoms with Crippen LogP contribution in [0.5, 0.6) is 5.75 Å². The fraction of sp³-hybridized carbons (Fsp3) is 0.516. The van der Waals surface area contributed by atoms with Gasteiger partial charge in [-0.2, -0.15) is 18.7 Å². The summed E-state index contributed by atoms with van der Waals surface area (Å²) >= 11 is 0. The number of likely N-dealkylation sites (tertiary alicyclic amines) is 2. The lowest BCUT2D eigenvalue weighted by Crippen LogP contribution is -2.48. The van der Waals surface area contributed by atoms with E-state index in [2.05, 4.69) is 41.8 Å². The molecule has 1 spiro atoms. The Morgan fingerprint density at radius 3 is 2.26 bits per heavy atom. The molecule has 0 aliphatic carbocycles. The topological polar surface area (TPSA) is 88.2 Å². The molecule has 226 valence electrons. The van der Waals surface area contributed by atoms with Crippen LogP contribution in [0.15, 0.2) is 42.5 Å². The molecule has 0 unspecified atom stereocenters.